The van der Waals surface area contributed by atoms with E-state index in [-0.39, 0.29) is 25.6 Å². The predicted octanol–water partition coefficient (Wildman–Crippen LogP) is 1.79. The summed E-state index contributed by atoms with van der Waals surface area (Å²) < 4.78 is 38.2. The zero-order valence-electron chi connectivity index (χ0n) is 11.5. The number of aliphatic hydroxyl groups excluding tert-OH is 1. The topological polar surface area (TPSA) is 69.2 Å². The van der Waals surface area contributed by atoms with Crippen LogP contribution in [-0.2, 0) is 12.7 Å². The van der Waals surface area contributed by atoms with E-state index >= 15 is 0 Å². The van der Waals surface area contributed by atoms with E-state index in [1.807, 2.05) is 6.07 Å². The third-order valence-corrected chi connectivity index (χ3v) is 2.91. The average molecular weight is 313 g/mol. The van der Waals surface area contributed by atoms with Crippen molar-refractivity contribution in [1.82, 2.24) is 9.97 Å². The van der Waals surface area contributed by atoms with Crippen LogP contribution in [0.4, 0.5) is 19.1 Å². The molecule has 0 unspecified atom stereocenters. The summed E-state index contributed by atoms with van der Waals surface area (Å²) in [6.45, 7) is -0.0302. The van der Waals surface area contributed by atoms with Crippen molar-refractivity contribution in [2.45, 2.75) is 12.7 Å². The van der Waals surface area contributed by atoms with Crippen molar-refractivity contribution in [2.24, 2.45) is 0 Å². The lowest BCUT2D eigenvalue weighted by molar-refractivity contribution is -0.141. The summed E-state index contributed by atoms with van der Waals surface area (Å²) in [5, 5.41) is 9.09. The molecule has 2 N–H and O–H groups in total. The summed E-state index contributed by atoms with van der Waals surface area (Å²) in [7, 11) is 0. The maximum Gasteiger partial charge on any atom is 0.433 e. The summed E-state index contributed by atoms with van der Waals surface area (Å²) in [6, 6.07) is 9.36. The predicted molar refractivity (Wildman–Crippen MR) is 74.4 cm³/mol. The minimum atomic E-state index is -4.71. The zero-order chi connectivity index (χ0) is 16.2. The minimum absolute atomic E-state index is 0.0408. The number of alkyl halides is 3. The second-order valence-electron chi connectivity index (χ2n) is 4.58. The van der Waals surface area contributed by atoms with E-state index in [1.54, 1.807) is 24.3 Å². The van der Waals surface area contributed by atoms with Gasteiger partial charge in [0.1, 0.15) is 0 Å². The van der Waals surface area contributed by atoms with Gasteiger partial charge in [0.05, 0.1) is 6.61 Å². The van der Waals surface area contributed by atoms with Crippen molar-refractivity contribution < 1.29 is 18.3 Å². The Morgan fingerprint density at radius 1 is 1.23 bits per heavy atom. The molecule has 0 aliphatic heterocycles. The standard InChI is InChI=1S/C14H14F3N3O2/c15-14(16,17)11-8-12(22)19-13(18-11)20(6-7-21)9-10-4-2-1-3-5-10/h1-5,8,21H,6-7,9H2,(H,18,19,22). The first-order valence-corrected chi connectivity index (χ1v) is 6.48. The molecular formula is C14H14F3N3O2. The molecule has 118 valence electrons. The first kappa shape index (κ1) is 16.0. The molecule has 0 atom stereocenters. The Hall–Kier alpha value is -2.35. The highest BCUT2D eigenvalue weighted by atomic mass is 19.4. The molecule has 0 spiro atoms. The minimum Gasteiger partial charge on any atom is -0.395 e. The number of aromatic amines is 1. The Balaban J connectivity index is 2.36. The quantitative estimate of drug-likeness (QED) is 0.883. The van der Waals surface area contributed by atoms with Crippen molar-refractivity contribution in [3.05, 3.63) is 58.0 Å². The molecule has 8 heteroatoms. The number of hydrogen-bond acceptors (Lipinski definition) is 4. The largest absolute Gasteiger partial charge is 0.433 e. The van der Waals surface area contributed by atoms with Crippen LogP contribution < -0.4 is 10.5 Å². The molecule has 0 fully saturated rings. The van der Waals surface area contributed by atoms with Crippen molar-refractivity contribution >= 4 is 5.95 Å². The van der Waals surface area contributed by atoms with Crippen LogP contribution in [0.3, 0.4) is 0 Å². The Morgan fingerprint density at radius 2 is 1.91 bits per heavy atom. The normalized spacial score (nSPS) is 11.5. The van der Waals surface area contributed by atoms with E-state index in [0.717, 1.165) is 5.56 Å². The molecule has 5 nitrogen and oxygen atoms in total. The Labute approximate surface area is 124 Å². The molecule has 0 amide bonds. The van der Waals surface area contributed by atoms with E-state index in [0.29, 0.717) is 6.07 Å². The molecule has 0 saturated carbocycles. The van der Waals surface area contributed by atoms with Crippen molar-refractivity contribution in [3.8, 4) is 0 Å². The monoisotopic (exact) mass is 313 g/mol. The fraction of sp³-hybridized carbons (Fsp3) is 0.286. The van der Waals surface area contributed by atoms with Gasteiger partial charge in [0.15, 0.2) is 5.69 Å². The molecule has 22 heavy (non-hydrogen) atoms. The highest BCUT2D eigenvalue weighted by Crippen LogP contribution is 2.27. The molecule has 1 aromatic heterocycles. The Bertz CT molecular complexity index is 671. The van der Waals surface area contributed by atoms with Crippen LogP contribution in [0.1, 0.15) is 11.3 Å². The molecule has 0 radical (unpaired) electrons. The van der Waals surface area contributed by atoms with E-state index < -0.39 is 17.4 Å². The molecule has 0 aliphatic rings. The van der Waals surface area contributed by atoms with Gasteiger partial charge in [0, 0.05) is 19.2 Å². The van der Waals surface area contributed by atoms with E-state index in [2.05, 4.69) is 9.97 Å². The molecule has 1 aromatic carbocycles. The van der Waals surface area contributed by atoms with Crippen LogP contribution in [-0.4, -0.2) is 28.2 Å². The summed E-state index contributed by atoms with van der Waals surface area (Å²) in [5.74, 6) is -0.224. The van der Waals surface area contributed by atoms with Gasteiger partial charge < -0.3 is 10.0 Å². The molecule has 0 aliphatic carbocycles. The molecule has 1 heterocycles. The number of nitrogens with one attached hydrogen (secondary N) is 1. The summed E-state index contributed by atoms with van der Waals surface area (Å²) in [5.41, 5.74) is -1.34. The van der Waals surface area contributed by atoms with E-state index in [1.165, 1.54) is 4.90 Å². The fourth-order valence-electron chi connectivity index (χ4n) is 1.92. The summed E-state index contributed by atoms with van der Waals surface area (Å²) in [4.78, 5) is 18.5. The van der Waals surface area contributed by atoms with Crippen molar-refractivity contribution in [2.75, 3.05) is 18.1 Å². The molecule has 2 aromatic rings. The van der Waals surface area contributed by atoms with Gasteiger partial charge in [-0.15, -0.1) is 0 Å². The molecule has 0 bridgehead atoms. The lowest BCUT2D eigenvalue weighted by Gasteiger charge is -2.23. The fourth-order valence-corrected chi connectivity index (χ4v) is 1.92. The number of nitrogens with zero attached hydrogens (tertiary/aromatic N) is 2. The molecule has 2 rings (SSSR count). The first-order valence-electron chi connectivity index (χ1n) is 6.48. The van der Waals surface area contributed by atoms with Crippen LogP contribution in [0, 0.1) is 0 Å². The van der Waals surface area contributed by atoms with Gasteiger partial charge in [-0.25, -0.2) is 4.98 Å². The zero-order valence-corrected chi connectivity index (χ0v) is 11.5. The second-order valence-corrected chi connectivity index (χ2v) is 4.58. The Kier molecular flexibility index (Phi) is 4.81. The highest BCUT2D eigenvalue weighted by Gasteiger charge is 2.33. The van der Waals surface area contributed by atoms with Gasteiger partial charge in [-0.3, -0.25) is 9.78 Å². The number of anilines is 1. The van der Waals surface area contributed by atoms with Gasteiger partial charge in [-0.1, -0.05) is 30.3 Å². The number of H-pyrrole nitrogens is 1. The van der Waals surface area contributed by atoms with Gasteiger partial charge in [0.2, 0.25) is 5.95 Å². The van der Waals surface area contributed by atoms with Crippen molar-refractivity contribution in [1.29, 1.82) is 0 Å². The van der Waals surface area contributed by atoms with Crippen LogP contribution >= 0.6 is 0 Å². The average Bonchev–Trinajstić information content (AvgIpc) is 2.46. The number of rotatable bonds is 5. The highest BCUT2D eigenvalue weighted by molar-refractivity contribution is 5.33. The van der Waals surface area contributed by atoms with Gasteiger partial charge in [-0.05, 0) is 5.56 Å². The number of aliphatic hydroxyl groups is 1. The van der Waals surface area contributed by atoms with E-state index in [9.17, 15) is 18.0 Å². The van der Waals surface area contributed by atoms with Crippen molar-refractivity contribution in [3.63, 3.8) is 0 Å². The second kappa shape index (κ2) is 6.61. The third kappa shape index (κ3) is 4.08. The number of halogens is 3. The lowest BCUT2D eigenvalue weighted by atomic mass is 10.2. The van der Waals surface area contributed by atoms with Crippen LogP contribution in [0.5, 0.6) is 0 Å². The van der Waals surface area contributed by atoms with Crippen LogP contribution in [0.2, 0.25) is 0 Å². The lowest BCUT2D eigenvalue weighted by Crippen LogP contribution is -2.31. The maximum atomic E-state index is 12.7. The van der Waals surface area contributed by atoms with Gasteiger partial charge in [-0.2, -0.15) is 13.2 Å². The van der Waals surface area contributed by atoms with Crippen LogP contribution in [0.25, 0.3) is 0 Å². The molecular weight excluding hydrogens is 299 g/mol. The van der Waals surface area contributed by atoms with Gasteiger partial charge in [0.25, 0.3) is 5.56 Å². The smallest absolute Gasteiger partial charge is 0.395 e. The first-order chi connectivity index (χ1) is 10.4. The van der Waals surface area contributed by atoms with Gasteiger partial charge >= 0.3 is 6.18 Å². The maximum absolute atomic E-state index is 12.7. The molecule has 0 saturated heterocycles. The number of benzene rings is 1. The summed E-state index contributed by atoms with van der Waals surface area (Å²) in [6.07, 6.45) is -4.71. The Morgan fingerprint density at radius 3 is 2.50 bits per heavy atom. The van der Waals surface area contributed by atoms with Crippen LogP contribution in [0.15, 0.2) is 41.2 Å². The number of hydrogen-bond donors (Lipinski definition) is 2. The summed E-state index contributed by atoms with van der Waals surface area (Å²) >= 11 is 0. The third-order valence-electron chi connectivity index (χ3n) is 2.91. The SMILES string of the molecule is O=c1cc(C(F)(F)F)nc(N(CCO)Cc2ccccc2)[nH]1. The number of aromatic nitrogens is 2. The van der Waals surface area contributed by atoms with E-state index in [4.69, 9.17) is 5.11 Å².